The van der Waals surface area contributed by atoms with Gasteiger partial charge in [0.1, 0.15) is 6.10 Å². The van der Waals surface area contributed by atoms with Gasteiger partial charge in [-0.25, -0.2) is 0 Å². The van der Waals surface area contributed by atoms with Crippen LogP contribution in [0.5, 0.6) is 0 Å². The summed E-state index contributed by atoms with van der Waals surface area (Å²) < 4.78 is 5.20. The van der Waals surface area contributed by atoms with E-state index in [1.54, 1.807) is 6.92 Å². The minimum absolute atomic E-state index is 0.0617. The van der Waals surface area contributed by atoms with Crippen molar-refractivity contribution in [1.29, 1.82) is 0 Å². The summed E-state index contributed by atoms with van der Waals surface area (Å²) in [7, 11) is 0. The van der Waals surface area contributed by atoms with Crippen LogP contribution in [0.1, 0.15) is 26.2 Å². The van der Waals surface area contributed by atoms with Crippen molar-refractivity contribution >= 4 is 11.9 Å². The maximum Gasteiger partial charge on any atom is 0.303 e. The summed E-state index contributed by atoms with van der Waals surface area (Å²) in [5.74, 6) is -1.35. The zero-order valence-corrected chi connectivity index (χ0v) is 9.18. The monoisotopic (exact) mass is 231 g/mol. The largest absolute Gasteiger partial charge is 0.481 e. The van der Waals surface area contributed by atoms with Gasteiger partial charge in [0.2, 0.25) is 5.91 Å². The zero-order chi connectivity index (χ0) is 12.1. The van der Waals surface area contributed by atoms with E-state index in [1.807, 2.05) is 0 Å². The molecule has 3 unspecified atom stereocenters. The molecule has 3 atom stereocenters. The van der Waals surface area contributed by atoms with Crippen LogP contribution in [-0.4, -0.2) is 46.9 Å². The topological polar surface area (TPSA) is 95.9 Å². The van der Waals surface area contributed by atoms with Crippen LogP contribution in [-0.2, 0) is 14.3 Å². The van der Waals surface area contributed by atoms with E-state index >= 15 is 0 Å². The molecular weight excluding hydrogens is 214 g/mol. The molecule has 92 valence electrons. The van der Waals surface area contributed by atoms with Crippen molar-refractivity contribution in [1.82, 2.24) is 5.32 Å². The third kappa shape index (κ3) is 3.79. The first-order valence-corrected chi connectivity index (χ1v) is 5.31. The van der Waals surface area contributed by atoms with Crippen LogP contribution in [0.2, 0.25) is 0 Å². The van der Waals surface area contributed by atoms with E-state index in [2.05, 4.69) is 5.32 Å². The van der Waals surface area contributed by atoms with Gasteiger partial charge in [-0.05, 0) is 13.3 Å². The van der Waals surface area contributed by atoms with Crippen LogP contribution in [0.4, 0.5) is 0 Å². The Morgan fingerprint density at radius 1 is 1.44 bits per heavy atom. The van der Waals surface area contributed by atoms with Crippen molar-refractivity contribution in [3.05, 3.63) is 0 Å². The van der Waals surface area contributed by atoms with E-state index in [0.29, 0.717) is 13.0 Å². The third-order valence-electron chi connectivity index (χ3n) is 2.62. The highest BCUT2D eigenvalue weighted by Crippen LogP contribution is 2.14. The van der Waals surface area contributed by atoms with Gasteiger partial charge in [-0.3, -0.25) is 9.59 Å². The van der Waals surface area contributed by atoms with Gasteiger partial charge < -0.3 is 20.3 Å². The van der Waals surface area contributed by atoms with Crippen molar-refractivity contribution in [3.63, 3.8) is 0 Å². The molecule has 3 N–H and O–H groups in total. The molecule has 1 saturated heterocycles. The fourth-order valence-corrected chi connectivity index (χ4v) is 1.63. The predicted molar refractivity (Wildman–Crippen MR) is 54.8 cm³/mol. The summed E-state index contributed by atoms with van der Waals surface area (Å²) in [4.78, 5) is 21.6. The fraction of sp³-hybridized carbons (Fsp3) is 0.800. The van der Waals surface area contributed by atoms with Crippen molar-refractivity contribution in [2.75, 3.05) is 6.61 Å². The number of aliphatic carboxylic acids is 1. The molecule has 6 nitrogen and oxygen atoms in total. The number of carbonyl (C=O) groups is 2. The number of carboxylic acids is 1. The smallest absolute Gasteiger partial charge is 0.303 e. The van der Waals surface area contributed by atoms with E-state index in [0.717, 1.165) is 0 Å². The maximum absolute atomic E-state index is 11.3. The van der Waals surface area contributed by atoms with Crippen LogP contribution in [0.15, 0.2) is 0 Å². The normalized spacial score (nSPS) is 29.8. The zero-order valence-electron chi connectivity index (χ0n) is 9.18. The average Bonchev–Trinajstić information content (AvgIpc) is 2.22. The quantitative estimate of drug-likeness (QED) is 0.606. The highest BCUT2D eigenvalue weighted by molar-refractivity contribution is 5.80. The second-order valence-electron chi connectivity index (χ2n) is 3.92. The molecule has 0 saturated carbocycles. The van der Waals surface area contributed by atoms with Gasteiger partial charge in [0.05, 0.1) is 18.6 Å². The molecule has 1 amide bonds. The second kappa shape index (κ2) is 5.81. The lowest BCUT2D eigenvalue weighted by atomic mass is 10.0. The number of amides is 1. The Hall–Kier alpha value is -1.14. The number of rotatable bonds is 4. The first-order chi connectivity index (χ1) is 7.50. The summed E-state index contributed by atoms with van der Waals surface area (Å²) >= 11 is 0. The first-order valence-electron chi connectivity index (χ1n) is 5.31. The summed E-state index contributed by atoms with van der Waals surface area (Å²) in [6, 6.07) is -0.343. The van der Waals surface area contributed by atoms with Gasteiger partial charge >= 0.3 is 5.97 Å². The number of carboxylic acid groups (broad SMARTS) is 1. The lowest BCUT2D eigenvalue weighted by Gasteiger charge is -2.33. The molecule has 16 heavy (non-hydrogen) atoms. The predicted octanol–water partition coefficient (Wildman–Crippen LogP) is -0.494. The Morgan fingerprint density at radius 2 is 2.12 bits per heavy atom. The van der Waals surface area contributed by atoms with Crippen LogP contribution >= 0.6 is 0 Å². The number of hydrogen-bond donors (Lipinski definition) is 3. The molecule has 0 aliphatic carbocycles. The Kier molecular flexibility index (Phi) is 4.70. The Labute approximate surface area is 93.6 Å². The van der Waals surface area contributed by atoms with E-state index in [1.165, 1.54) is 0 Å². The van der Waals surface area contributed by atoms with Gasteiger partial charge in [0.15, 0.2) is 0 Å². The van der Waals surface area contributed by atoms with E-state index in [4.69, 9.17) is 9.84 Å². The summed E-state index contributed by atoms with van der Waals surface area (Å²) in [6.45, 7) is 2.22. The van der Waals surface area contributed by atoms with Gasteiger partial charge in [-0.15, -0.1) is 0 Å². The van der Waals surface area contributed by atoms with Gasteiger partial charge in [0.25, 0.3) is 0 Å². The number of aliphatic hydroxyl groups excluding tert-OH is 1. The van der Waals surface area contributed by atoms with Crippen LogP contribution in [0.25, 0.3) is 0 Å². The lowest BCUT2D eigenvalue weighted by Crippen LogP contribution is -2.52. The summed E-state index contributed by atoms with van der Waals surface area (Å²) in [5.41, 5.74) is 0. The summed E-state index contributed by atoms with van der Waals surface area (Å²) in [6.07, 6.45) is -0.750. The second-order valence-corrected chi connectivity index (χ2v) is 3.92. The Morgan fingerprint density at radius 3 is 2.75 bits per heavy atom. The number of aliphatic hydroxyl groups is 1. The SMILES string of the molecule is CC1OCCC(NC(=O)CCC(=O)O)C1O. The number of ether oxygens (including phenoxy) is 1. The van der Waals surface area contributed by atoms with Crippen LogP contribution in [0, 0.1) is 0 Å². The van der Waals surface area contributed by atoms with Crippen molar-refractivity contribution in [2.45, 2.75) is 44.4 Å². The highest BCUT2D eigenvalue weighted by Gasteiger charge is 2.30. The molecule has 1 aliphatic heterocycles. The molecule has 0 aromatic heterocycles. The lowest BCUT2D eigenvalue weighted by molar-refractivity contribution is -0.139. The third-order valence-corrected chi connectivity index (χ3v) is 2.62. The van der Waals surface area contributed by atoms with Crippen LogP contribution < -0.4 is 5.32 Å². The molecule has 1 aliphatic rings. The maximum atomic E-state index is 11.3. The molecule has 0 aromatic rings. The molecule has 1 heterocycles. The van der Waals surface area contributed by atoms with Gasteiger partial charge in [-0.1, -0.05) is 0 Å². The minimum atomic E-state index is -1.00. The van der Waals surface area contributed by atoms with Crippen molar-refractivity contribution in [3.8, 4) is 0 Å². The Balaban J connectivity index is 2.35. The molecule has 0 radical (unpaired) electrons. The molecule has 1 fully saturated rings. The number of hydrogen-bond acceptors (Lipinski definition) is 4. The fourth-order valence-electron chi connectivity index (χ4n) is 1.63. The summed E-state index contributed by atoms with van der Waals surface area (Å²) in [5, 5.41) is 20.7. The molecule has 6 heteroatoms. The van der Waals surface area contributed by atoms with Gasteiger partial charge in [-0.2, -0.15) is 0 Å². The Bertz CT molecular complexity index is 268. The van der Waals surface area contributed by atoms with Crippen molar-refractivity contribution in [2.24, 2.45) is 0 Å². The van der Waals surface area contributed by atoms with Gasteiger partial charge in [0, 0.05) is 13.0 Å². The van der Waals surface area contributed by atoms with E-state index < -0.39 is 12.1 Å². The number of nitrogens with one attached hydrogen (secondary N) is 1. The first kappa shape index (κ1) is 12.9. The molecular formula is C10H17NO5. The number of carbonyl (C=O) groups excluding carboxylic acids is 1. The van der Waals surface area contributed by atoms with E-state index in [-0.39, 0.29) is 30.9 Å². The minimum Gasteiger partial charge on any atom is -0.481 e. The molecule has 1 rings (SSSR count). The molecule has 0 spiro atoms. The molecule has 0 bridgehead atoms. The molecule has 0 aromatic carbocycles. The highest BCUT2D eigenvalue weighted by atomic mass is 16.5. The average molecular weight is 231 g/mol. The standard InChI is InChI=1S/C10H17NO5/c1-6-10(15)7(4-5-16-6)11-8(12)2-3-9(13)14/h6-7,10,15H,2-5H2,1H3,(H,11,12)(H,13,14). The van der Waals surface area contributed by atoms with Crippen molar-refractivity contribution < 1.29 is 24.5 Å². The van der Waals surface area contributed by atoms with E-state index in [9.17, 15) is 14.7 Å². The van der Waals surface area contributed by atoms with Crippen LogP contribution in [0.3, 0.4) is 0 Å².